The van der Waals surface area contributed by atoms with Gasteiger partial charge in [0.2, 0.25) is 0 Å². The molecule has 4 aromatic rings. The summed E-state index contributed by atoms with van der Waals surface area (Å²) < 4.78 is 8.98. The van der Waals surface area contributed by atoms with Crippen molar-refractivity contribution < 1.29 is 9.53 Å². The Morgan fingerprint density at radius 3 is 2.75 bits per heavy atom. The molecule has 3 aromatic carbocycles. The molecule has 0 atom stereocenters. The number of nitrogens with one attached hydrogen (secondary N) is 1. The van der Waals surface area contributed by atoms with Gasteiger partial charge in [-0.1, -0.05) is 52.3 Å². The number of benzene rings is 3. The van der Waals surface area contributed by atoms with Crippen LogP contribution in [0.1, 0.15) is 22.5 Å². The fourth-order valence-corrected chi connectivity index (χ4v) is 4.13. The van der Waals surface area contributed by atoms with E-state index >= 15 is 0 Å². The van der Waals surface area contributed by atoms with Crippen molar-refractivity contribution in [3.05, 3.63) is 93.7 Å². The van der Waals surface area contributed by atoms with Gasteiger partial charge < -0.3 is 14.6 Å². The van der Waals surface area contributed by atoms with Crippen LogP contribution >= 0.6 is 15.9 Å². The van der Waals surface area contributed by atoms with Crippen molar-refractivity contribution in [2.24, 2.45) is 0 Å². The van der Waals surface area contributed by atoms with Gasteiger partial charge in [-0.2, -0.15) is 0 Å². The number of para-hydroxylation sites is 2. The Morgan fingerprint density at radius 2 is 1.91 bits per heavy atom. The lowest BCUT2D eigenvalue weighted by Gasteiger charge is -2.12. The average molecular weight is 492 g/mol. The largest absolute Gasteiger partial charge is 0.483 e. The molecule has 0 aliphatic carbocycles. The maximum absolute atomic E-state index is 12.3. The Morgan fingerprint density at radius 1 is 1.06 bits per heavy atom. The molecule has 6 heteroatoms. The number of carbonyl (C=O) groups excluding carboxylic acids is 1. The van der Waals surface area contributed by atoms with Gasteiger partial charge in [-0.3, -0.25) is 4.79 Å². The zero-order valence-corrected chi connectivity index (χ0v) is 19.9. The molecule has 0 unspecified atom stereocenters. The number of aryl methyl sites for hydroxylation is 2. The zero-order chi connectivity index (χ0) is 22.5. The van der Waals surface area contributed by atoms with Crippen molar-refractivity contribution in [2.75, 3.05) is 13.2 Å². The second-order valence-electron chi connectivity index (χ2n) is 7.89. The van der Waals surface area contributed by atoms with Crippen LogP contribution in [-0.4, -0.2) is 28.6 Å². The summed E-state index contributed by atoms with van der Waals surface area (Å²) in [5.74, 6) is 1.55. The first-order chi connectivity index (χ1) is 15.5. The maximum Gasteiger partial charge on any atom is 0.257 e. The summed E-state index contributed by atoms with van der Waals surface area (Å²) in [6, 6.07) is 22.4. The monoisotopic (exact) mass is 491 g/mol. The van der Waals surface area contributed by atoms with Crippen LogP contribution in [0.3, 0.4) is 0 Å². The lowest BCUT2D eigenvalue weighted by atomic mass is 10.1. The predicted octanol–water partition coefficient (Wildman–Crippen LogP) is 5.20. The van der Waals surface area contributed by atoms with E-state index in [-0.39, 0.29) is 12.5 Å². The molecule has 0 radical (unpaired) electrons. The van der Waals surface area contributed by atoms with E-state index in [0.29, 0.717) is 13.0 Å². The molecule has 0 fully saturated rings. The third kappa shape index (κ3) is 5.37. The van der Waals surface area contributed by atoms with Crippen molar-refractivity contribution in [3.63, 3.8) is 0 Å². The Kier molecular flexibility index (Phi) is 6.90. The van der Waals surface area contributed by atoms with Crippen LogP contribution in [0.2, 0.25) is 0 Å². The van der Waals surface area contributed by atoms with Crippen LogP contribution in [-0.2, 0) is 17.8 Å². The highest BCUT2D eigenvalue weighted by molar-refractivity contribution is 9.10. The molecule has 0 aliphatic heterocycles. The molecular weight excluding hydrogens is 466 g/mol. The molecule has 1 N–H and O–H groups in total. The number of fused-ring (bicyclic) bond motifs is 1. The molecule has 164 valence electrons. The molecule has 1 amide bonds. The van der Waals surface area contributed by atoms with Gasteiger partial charge >= 0.3 is 0 Å². The molecule has 32 heavy (non-hydrogen) atoms. The number of halogens is 1. The number of rotatable bonds is 8. The third-order valence-electron chi connectivity index (χ3n) is 5.34. The first kappa shape index (κ1) is 22.1. The normalized spacial score (nSPS) is 11.0. The maximum atomic E-state index is 12.3. The third-order valence-corrected chi connectivity index (χ3v) is 5.83. The Hall–Kier alpha value is -3.12. The Bertz CT molecular complexity index is 1250. The molecule has 4 rings (SSSR count). The van der Waals surface area contributed by atoms with Crippen LogP contribution in [0.5, 0.6) is 5.75 Å². The number of amides is 1. The van der Waals surface area contributed by atoms with Gasteiger partial charge in [0.25, 0.3) is 5.91 Å². The van der Waals surface area contributed by atoms with Crippen molar-refractivity contribution in [1.82, 2.24) is 14.9 Å². The molecule has 0 spiro atoms. The summed E-state index contributed by atoms with van der Waals surface area (Å²) in [5.41, 5.74) is 5.36. The fraction of sp³-hybridized carbons (Fsp3) is 0.231. The van der Waals surface area contributed by atoms with Crippen LogP contribution in [0.15, 0.2) is 71.2 Å². The van der Waals surface area contributed by atoms with E-state index in [0.717, 1.165) is 44.8 Å². The van der Waals surface area contributed by atoms with Gasteiger partial charge in [0.05, 0.1) is 11.0 Å². The number of imidazole rings is 1. The lowest BCUT2D eigenvalue weighted by Crippen LogP contribution is -2.31. The fourth-order valence-electron chi connectivity index (χ4n) is 3.68. The highest BCUT2D eigenvalue weighted by Crippen LogP contribution is 2.20. The smallest absolute Gasteiger partial charge is 0.257 e. The number of aromatic nitrogens is 2. The number of carbonyl (C=O) groups is 1. The van der Waals surface area contributed by atoms with Gasteiger partial charge in [-0.05, 0) is 60.9 Å². The zero-order valence-electron chi connectivity index (χ0n) is 18.3. The first-order valence-corrected chi connectivity index (χ1v) is 11.4. The van der Waals surface area contributed by atoms with Crippen LogP contribution < -0.4 is 10.1 Å². The molecular formula is C26H26BrN3O2. The summed E-state index contributed by atoms with van der Waals surface area (Å²) >= 11 is 3.55. The number of hydrogen-bond donors (Lipinski definition) is 1. The topological polar surface area (TPSA) is 56.1 Å². The number of nitrogens with zero attached hydrogens (tertiary/aromatic N) is 2. The standard InChI is InChI=1S/C26H26BrN3O2/c1-18-10-11-19(2)24(14-18)32-17-26(31)28-13-12-25-29-22-8-3-4-9-23(22)30(25)16-20-6-5-7-21(27)15-20/h3-11,14-15H,12-13,16-17H2,1-2H3,(H,28,31). The highest BCUT2D eigenvalue weighted by atomic mass is 79.9. The molecule has 1 aromatic heterocycles. The minimum atomic E-state index is -0.138. The van der Waals surface area contributed by atoms with Crippen LogP contribution in [0.4, 0.5) is 0 Å². The average Bonchev–Trinajstić information content (AvgIpc) is 3.12. The first-order valence-electron chi connectivity index (χ1n) is 10.6. The van der Waals surface area contributed by atoms with E-state index in [1.807, 2.05) is 62.4 Å². The number of ether oxygens (including phenoxy) is 1. The Labute approximate surface area is 196 Å². The van der Waals surface area contributed by atoms with Crippen molar-refractivity contribution >= 4 is 32.9 Å². The molecule has 0 bridgehead atoms. The van der Waals surface area contributed by atoms with Crippen LogP contribution in [0, 0.1) is 13.8 Å². The van der Waals surface area contributed by atoms with Crippen LogP contribution in [0.25, 0.3) is 11.0 Å². The SMILES string of the molecule is Cc1ccc(C)c(OCC(=O)NCCc2nc3ccccc3n2Cc2cccc(Br)c2)c1. The Balaban J connectivity index is 1.40. The predicted molar refractivity (Wildman–Crippen MR) is 131 cm³/mol. The molecule has 5 nitrogen and oxygen atoms in total. The van der Waals surface area contributed by atoms with E-state index in [1.165, 1.54) is 5.56 Å². The highest BCUT2D eigenvalue weighted by Gasteiger charge is 2.12. The summed E-state index contributed by atoms with van der Waals surface area (Å²) in [6.07, 6.45) is 0.637. The van der Waals surface area contributed by atoms with Gasteiger partial charge in [0.15, 0.2) is 6.61 Å². The molecule has 0 aliphatic rings. The lowest BCUT2D eigenvalue weighted by molar-refractivity contribution is -0.123. The molecule has 0 saturated heterocycles. The number of hydrogen-bond acceptors (Lipinski definition) is 3. The summed E-state index contributed by atoms with van der Waals surface area (Å²) in [5, 5.41) is 2.96. The van der Waals surface area contributed by atoms with E-state index in [2.05, 4.69) is 44.0 Å². The molecule has 1 heterocycles. The van der Waals surface area contributed by atoms with Gasteiger partial charge in [-0.15, -0.1) is 0 Å². The van der Waals surface area contributed by atoms with E-state index < -0.39 is 0 Å². The summed E-state index contributed by atoms with van der Waals surface area (Å²) in [7, 11) is 0. The summed E-state index contributed by atoms with van der Waals surface area (Å²) in [6.45, 7) is 5.20. The molecule has 0 saturated carbocycles. The summed E-state index contributed by atoms with van der Waals surface area (Å²) in [4.78, 5) is 17.1. The van der Waals surface area contributed by atoms with Gasteiger partial charge in [0, 0.05) is 24.0 Å². The van der Waals surface area contributed by atoms with E-state index in [9.17, 15) is 4.79 Å². The van der Waals surface area contributed by atoms with Crippen molar-refractivity contribution in [2.45, 2.75) is 26.8 Å². The second-order valence-corrected chi connectivity index (χ2v) is 8.81. The minimum Gasteiger partial charge on any atom is -0.483 e. The van der Waals surface area contributed by atoms with Crippen molar-refractivity contribution in [1.29, 1.82) is 0 Å². The van der Waals surface area contributed by atoms with E-state index in [1.54, 1.807) is 0 Å². The minimum absolute atomic E-state index is 0.00124. The van der Waals surface area contributed by atoms with Gasteiger partial charge in [-0.25, -0.2) is 4.98 Å². The van der Waals surface area contributed by atoms with Gasteiger partial charge in [0.1, 0.15) is 11.6 Å². The quantitative estimate of drug-likeness (QED) is 0.368. The van der Waals surface area contributed by atoms with E-state index in [4.69, 9.17) is 9.72 Å². The van der Waals surface area contributed by atoms with Crippen molar-refractivity contribution in [3.8, 4) is 5.75 Å². The second kappa shape index (κ2) is 10.0.